The van der Waals surface area contributed by atoms with Crippen LogP contribution in [0.15, 0.2) is 42.5 Å². The number of nitrogens with two attached hydrogens (primary N) is 1. The number of para-hydroxylation sites is 1. The number of hydrogen-bond acceptors (Lipinski definition) is 2. The summed E-state index contributed by atoms with van der Waals surface area (Å²) >= 11 is 12.1. The van der Waals surface area contributed by atoms with Crippen LogP contribution < -0.4 is 11.3 Å². The molecule has 3 aromatic rings. The normalized spacial score (nSPS) is 11.0. The first-order valence-electron chi connectivity index (χ1n) is 7.05. The summed E-state index contributed by atoms with van der Waals surface area (Å²) in [5, 5.41) is 1.90. The summed E-state index contributed by atoms with van der Waals surface area (Å²) in [6, 6.07) is 13.3. The van der Waals surface area contributed by atoms with Gasteiger partial charge in [-0.1, -0.05) is 47.5 Å². The fraction of sp³-hybridized carbons (Fsp3) is 0.118. The van der Waals surface area contributed by atoms with Crippen molar-refractivity contribution in [1.29, 1.82) is 0 Å². The van der Waals surface area contributed by atoms with Crippen LogP contribution in [0.25, 0.3) is 10.9 Å². The molecule has 1 heterocycles. The van der Waals surface area contributed by atoms with Crippen molar-refractivity contribution >= 4 is 40.0 Å². The van der Waals surface area contributed by atoms with E-state index in [-0.39, 0.29) is 5.91 Å². The number of hydrogen-bond donors (Lipinski definition) is 2. The highest BCUT2D eigenvalue weighted by molar-refractivity contribution is 6.42. The highest BCUT2D eigenvalue weighted by Gasteiger charge is 2.19. The predicted molar refractivity (Wildman–Crippen MR) is 93.9 cm³/mol. The summed E-state index contributed by atoms with van der Waals surface area (Å²) in [5.74, 6) is 5.02. The fourth-order valence-corrected chi connectivity index (χ4v) is 3.13. The molecule has 4 nitrogen and oxygen atoms in total. The molecule has 0 saturated carbocycles. The van der Waals surface area contributed by atoms with Crippen LogP contribution in [0.2, 0.25) is 10.0 Å². The third kappa shape index (κ3) is 2.81. The number of rotatable bonds is 3. The molecule has 1 aromatic heterocycles. The molecule has 0 aliphatic heterocycles. The van der Waals surface area contributed by atoms with E-state index in [1.807, 2.05) is 43.3 Å². The van der Waals surface area contributed by atoms with E-state index >= 15 is 0 Å². The molecular formula is C17H15Cl2N3O. The zero-order valence-corrected chi connectivity index (χ0v) is 13.9. The number of nitrogens with one attached hydrogen (secondary N) is 1. The van der Waals surface area contributed by atoms with Crippen LogP contribution in [0.5, 0.6) is 0 Å². The van der Waals surface area contributed by atoms with E-state index in [2.05, 4.69) is 9.99 Å². The van der Waals surface area contributed by atoms with Gasteiger partial charge in [-0.3, -0.25) is 10.2 Å². The molecule has 0 aliphatic rings. The molecule has 0 radical (unpaired) electrons. The van der Waals surface area contributed by atoms with E-state index in [0.717, 1.165) is 22.2 Å². The van der Waals surface area contributed by atoms with E-state index in [1.54, 1.807) is 6.07 Å². The van der Waals surface area contributed by atoms with Crippen LogP contribution in [0.4, 0.5) is 0 Å². The smallest absolute Gasteiger partial charge is 0.267 e. The molecule has 3 rings (SSSR count). The highest BCUT2D eigenvalue weighted by atomic mass is 35.5. The van der Waals surface area contributed by atoms with Crippen molar-refractivity contribution in [2.24, 2.45) is 5.84 Å². The topological polar surface area (TPSA) is 60.1 Å². The third-order valence-electron chi connectivity index (χ3n) is 3.91. The summed E-state index contributed by atoms with van der Waals surface area (Å²) in [4.78, 5) is 12.1. The fourth-order valence-electron chi connectivity index (χ4n) is 2.81. The summed E-state index contributed by atoms with van der Waals surface area (Å²) in [6.07, 6.45) is 0. The van der Waals surface area contributed by atoms with Crippen LogP contribution in [0.3, 0.4) is 0 Å². The number of nitrogens with zero attached hydrogens (tertiary/aromatic N) is 1. The SMILES string of the molecule is Cc1c(C(=O)NN)c2ccccc2n1Cc1ccc(Cl)c(Cl)c1. The summed E-state index contributed by atoms with van der Waals surface area (Å²) in [7, 11) is 0. The number of benzene rings is 2. The Labute approximate surface area is 143 Å². The molecule has 118 valence electrons. The lowest BCUT2D eigenvalue weighted by atomic mass is 10.1. The lowest BCUT2D eigenvalue weighted by Gasteiger charge is -2.10. The van der Waals surface area contributed by atoms with Crippen molar-refractivity contribution in [3.63, 3.8) is 0 Å². The quantitative estimate of drug-likeness (QED) is 0.428. The number of fused-ring (bicyclic) bond motifs is 1. The Morgan fingerprint density at radius 2 is 1.91 bits per heavy atom. The molecule has 0 unspecified atom stereocenters. The minimum absolute atomic E-state index is 0.299. The molecule has 6 heteroatoms. The van der Waals surface area contributed by atoms with Gasteiger partial charge in [-0.25, -0.2) is 5.84 Å². The Hall–Kier alpha value is -2.01. The van der Waals surface area contributed by atoms with Crippen LogP contribution in [-0.2, 0) is 6.54 Å². The number of amides is 1. The molecule has 0 saturated heterocycles. The second kappa shape index (κ2) is 6.24. The van der Waals surface area contributed by atoms with Gasteiger partial charge in [0.15, 0.2) is 0 Å². The van der Waals surface area contributed by atoms with Crippen LogP contribution in [-0.4, -0.2) is 10.5 Å². The molecule has 3 N–H and O–H groups in total. The Kier molecular flexibility index (Phi) is 4.31. The van der Waals surface area contributed by atoms with Crippen molar-refractivity contribution in [2.75, 3.05) is 0 Å². The average molecular weight is 348 g/mol. The number of hydrazine groups is 1. The van der Waals surface area contributed by atoms with E-state index in [4.69, 9.17) is 29.0 Å². The van der Waals surface area contributed by atoms with Crippen molar-refractivity contribution in [3.8, 4) is 0 Å². The van der Waals surface area contributed by atoms with Gasteiger partial charge in [0, 0.05) is 23.1 Å². The van der Waals surface area contributed by atoms with E-state index in [1.165, 1.54) is 0 Å². The Bertz CT molecular complexity index is 902. The molecule has 23 heavy (non-hydrogen) atoms. The van der Waals surface area contributed by atoms with Gasteiger partial charge < -0.3 is 4.57 Å². The largest absolute Gasteiger partial charge is 0.340 e. The molecule has 0 fully saturated rings. The monoisotopic (exact) mass is 347 g/mol. The first-order chi connectivity index (χ1) is 11.0. The number of halogens is 2. The summed E-state index contributed by atoms with van der Waals surface area (Å²) in [5.41, 5.74) is 5.62. The zero-order valence-electron chi connectivity index (χ0n) is 12.4. The minimum Gasteiger partial charge on any atom is -0.340 e. The molecule has 0 aliphatic carbocycles. The highest BCUT2D eigenvalue weighted by Crippen LogP contribution is 2.28. The first-order valence-corrected chi connectivity index (χ1v) is 7.81. The minimum atomic E-state index is -0.299. The second-order valence-electron chi connectivity index (χ2n) is 5.29. The maximum absolute atomic E-state index is 12.1. The molecule has 0 bridgehead atoms. The Balaban J connectivity index is 2.15. The number of aromatic nitrogens is 1. The standard InChI is InChI=1S/C17H15Cl2N3O/c1-10-16(17(23)21-20)12-4-2-3-5-15(12)22(10)9-11-6-7-13(18)14(19)8-11/h2-8H,9,20H2,1H3,(H,21,23). The van der Waals surface area contributed by atoms with Gasteiger partial charge in [0.2, 0.25) is 0 Å². The van der Waals surface area contributed by atoms with Crippen LogP contribution in [0, 0.1) is 6.92 Å². The molecule has 1 amide bonds. The van der Waals surface area contributed by atoms with Gasteiger partial charge in [-0.15, -0.1) is 0 Å². The Morgan fingerprint density at radius 3 is 2.61 bits per heavy atom. The molecular weight excluding hydrogens is 333 g/mol. The average Bonchev–Trinajstić information content (AvgIpc) is 2.83. The van der Waals surface area contributed by atoms with E-state index in [9.17, 15) is 4.79 Å². The number of nitrogen functional groups attached to an aromatic ring is 1. The zero-order chi connectivity index (χ0) is 16.6. The predicted octanol–water partition coefficient (Wildman–Crippen LogP) is 3.91. The maximum Gasteiger partial charge on any atom is 0.267 e. The van der Waals surface area contributed by atoms with Crippen molar-refractivity contribution < 1.29 is 4.79 Å². The van der Waals surface area contributed by atoms with Crippen LogP contribution in [0.1, 0.15) is 21.6 Å². The van der Waals surface area contributed by atoms with E-state index < -0.39 is 0 Å². The van der Waals surface area contributed by atoms with Crippen molar-refractivity contribution in [2.45, 2.75) is 13.5 Å². The van der Waals surface area contributed by atoms with Crippen molar-refractivity contribution in [3.05, 3.63) is 69.3 Å². The van der Waals surface area contributed by atoms with Crippen LogP contribution >= 0.6 is 23.2 Å². The maximum atomic E-state index is 12.1. The molecule has 0 atom stereocenters. The van der Waals surface area contributed by atoms with Gasteiger partial charge in [0.1, 0.15) is 0 Å². The van der Waals surface area contributed by atoms with Gasteiger partial charge in [-0.05, 0) is 30.7 Å². The summed E-state index contributed by atoms with van der Waals surface area (Å²) < 4.78 is 2.07. The van der Waals surface area contributed by atoms with Gasteiger partial charge >= 0.3 is 0 Å². The molecule has 2 aromatic carbocycles. The third-order valence-corrected chi connectivity index (χ3v) is 4.65. The Morgan fingerprint density at radius 1 is 1.17 bits per heavy atom. The second-order valence-corrected chi connectivity index (χ2v) is 6.10. The van der Waals surface area contributed by atoms with Gasteiger partial charge in [0.25, 0.3) is 5.91 Å². The van der Waals surface area contributed by atoms with Gasteiger partial charge in [-0.2, -0.15) is 0 Å². The summed E-state index contributed by atoms with van der Waals surface area (Å²) in [6.45, 7) is 2.49. The number of carbonyl (C=O) groups is 1. The number of carbonyl (C=O) groups excluding carboxylic acids is 1. The molecule has 0 spiro atoms. The van der Waals surface area contributed by atoms with Crippen molar-refractivity contribution in [1.82, 2.24) is 9.99 Å². The van der Waals surface area contributed by atoms with Gasteiger partial charge in [0.05, 0.1) is 15.6 Å². The lowest BCUT2D eigenvalue weighted by molar-refractivity contribution is 0.0954. The van der Waals surface area contributed by atoms with E-state index in [0.29, 0.717) is 22.2 Å². The first kappa shape index (κ1) is 15.9. The lowest BCUT2D eigenvalue weighted by Crippen LogP contribution is -2.30.